The Hall–Kier alpha value is -2.59. The van der Waals surface area contributed by atoms with E-state index < -0.39 is 0 Å². The lowest BCUT2D eigenvalue weighted by molar-refractivity contribution is 0.0915. The highest BCUT2D eigenvalue weighted by Crippen LogP contribution is 2.27. The molecule has 4 nitrogen and oxygen atoms in total. The molecule has 1 atom stereocenters. The summed E-state index contributed by atoms with van der Waals surface area (Å²) in [5.74, 6) is 0.223. The number of carbonyl (C=O) groups is 1. The van der Waals surface area contributed by atoms with Gasteiger partial charge in [-0.15, -0.1) is 0 Å². The molecule has 0 saturated heterocycles. The van der Waals surface area contributed by atoms with Gasteiger partial charge >= 0.3 is 0 Å². The van der Waals surface area contributed by atoms with Crippen LogP contribution in [-0.4, -0.2) is 31.4 Å². The van der Waals surface area contributed by atoms with Crippen LogP contribution in [0.3, 0.4) is 0 Å². The molecule has 0 bridgehead atoms. The van der Waals surface area contributed by atoms with Crippen molar-refractivity contribution in [3.8, 4) is 0 Å². The average molecular weight is 393 g/mol. The van der Waals surface area contributed by atoms with Crippen LogP contribution in [0.4, 0.5) is 0 Å². The third kappa shape index (κ3) is 4.54. The Balaban J connectivity index is 1.77. The van der Waals surface area contributed by atoms with E-state index in [-0.39, 0.29) is 17.4 Å². The first kappa shape index (κ1) is 21.1. The van der Waals surface area contributed by atoms with Gasteiger partial charge in [0.15, 0.2) is 5.76 Å². The SMILES string of the molecule is Cc1ccc2oc(C(=O)NC[C@@H](c3ccc(C(C)(C)C)cc3)N(C)C)c(C)c2c1. The van der Waals surface area contributed by atoms with Crippen molar-refractivity contribution in [3.05, 3.63) is 70.5 Å². The summed E-state index contributed by atoms with van der Waals surface area (Å²) in [6, 6.07) is 14.7. The first-order valence-electron chi connectivity index (χ1n) is 10.1. The fourth-order valence-electron chi connectivity index (χ4n) is 3.62. The van der Waals surface area contributed by atoms with Crippen molar-refractivity contribution in [2.24, 2.45) is 0 Å². The minimum atomic E-state index is -0.172. The summed E-state index contributed by atoms with van der Waals surface area (Å²) in [7, 11) is 4.06. The molecule has 0 radical (unpaired) electrons. The molecule has 0 saturated carbocycles. The van der Waals surface area contributed by atoms with Crippen LogP contribution in [0.2, 0.25) is 0 Å². The van der Waals surface area contributed by atoms with Crippen molar-refractivity contribution in [2.75, 3.05) is 20.6 Å². The molecule has 3 rings (SSSR count). The van der Waals surface area contributed by atoms with Crippen molar-refractivity contribution < 1.29 is 9.21 Å². The Labute approximate surface area is 173 Å². The Morgan fingerprint density at radius 1 is 1.07 bits per heavy atom. The summed E-state index contributed by atoms with van der Waals surface area (Å²) in [5, 5.41) is 4.06. The molecule has 1 heterocycles. The lowest BCUT2D eigenvalue weighted by Gasteiger charge is -2.26. The minimum Gasteiger partial charge on any atom is -0.451 e. The highest BCUT2D eigenvalue weighted by Gasteiger charge is 2.21. The summed E-state index contributed by atoms with van der Waals surface area (Å²) in [5.41, 5.74) is 5.39. The number of likely N-dealkylation sites (N-methyl/N-ethyl adjacent to an activating group) is 1. The summed E-state index contributed by atoms with van der Waals surface area (Å²) in [4.78, 5) is 15.0. The Kier molecular flexibility index (Phi) is 5.85. The minimum absolute atomic E-state index is 0.0832. The molecular formula is C25H32N2O2. The van der Waals surface area contributed by atoms with Crippen LogP contribution < -0.4 is 5.32 Å². The molecule has 3 aromatic rings. The number of furan rings is 1. The molecule has 0 aliphatic rings. The van der Waals surface area contributed by atoms with Gasteiger partial charge < -0.3 is 14.6 Å². The predicted octanol–water partition coefficient (Wildman–Crippen LogP) is 5.38. The lowest BCUT2D eigenvalue weighted by Crippen LogP contribution is -2.34. The zero-order valence-electron chi connectivity index (χ0n) is 18.6. The van der Waals surface area contributed by atoms with E-state index in [1.54, 1.807) is 0 Å². The van der Waals surface area contributed by atoms with E-state index >= 15 is 0 Å². The summed E-state index contributed by atoms with van der Waals surface area (Å²) in [6.45, 7) is 11.1. The fraction of sp³-hybridized carbons (Fsp3) is 0.400. The number of fused-ring (bicyclic) bond motifs is 1. The Morgan fingerprint density at radius 2 is 1.72 bits per heavy atom. The fourth-order valence-corrected chi connectivity index (χ4v) is 3.62. The molecule has 2 aromatic carbocycles. The third-order valence-corrected chi connectivity index (χ3v) is 5.54. The van der Waals surface area contributed by atoms with Crippen molar-refractivity contribution >= 4 is 16.9 Å². The van der Waals surface area contributed by atoms with E-state index in [0.29, 0.717) is 12.3 Å². The Bertz CT molecular complexity index is 1010. The molecule has 1 amide bonds. The predicted molar refractivity (Wildman–Crippen MR) is 120 cm³/mol. The van der Waals surface area contributed by atoms with Gasteiger partial charge in [0.25, 0.3) is 5.91 Å². The standard InChI is InChI=1S/C25H32N2O2/c1-16-8-13-22-20(14-16)17(2)23(29-22)24(28)26-15-21(27(6)7)18-9-11-19(12-10-18)25(3,4)5/h8-14,21H,15H2,1-7H3,(H,26,28)/t21-/m0/s1. The third-order valence-electron chi connectivity index (χ3n) is 5.54. The monoisotopic (exact) mass is 392 g/mol. The second kappa shape index (κ2) is 8.03. The molecule has 0 spiro atoms. The molecule has 154 valence electrons. The molecule has 29 heavy (non-hydrogen) atoms. The van der Waals surface area contributed by atoms with Crippen molar-refractivity contribution in [1.82, 2.24) is 10.2 Å². The van der Waals surface area contributed by atoms with Crippen molar-refractivity contribution in [3.63, 3.8) is 0 Å². The number of carbonyl (C=O) groups excluding carboxylic acids is 1. The van der Waals surface area contributed by atoms with Gasteiger partial charge in [-0.3, -0.25) is 4.79 Å². The quantitative estimate of drug-likeness (QED) is 0.634. The van der Waals surface area contributed by atoms with Gasteiger partial charge in [-0.2, -0.15) is 0 Å². The number of nitrogens with zero attached hydrogens (tertiary/aromatic N) is 1. The van der Waals surface area contributed by atoms with Gasteiger partial charge in [0.2, 0.25) is 0 Å². The first-order chi connectivity index (χ1) is 13.6. The number of aryl methyl sites for hydroxylation is 2. The lowest BCUT2D eigenvalue weighted by atomic mass is 9.86. The van der Waals surface area contributed by atoms with E-state index in [1.165, 1.54) is 11.1 Å². The van der Waals surface area contributed by atoms with Crippen LogP contribution in [0.25, 0.3) is 11.0 Å². The van der Waals surface area contributed by atoms with Crippen LogP contribution >= 0.6 is 0 Å². The molecule has 0 unspecified atom stereocenters. The maximum Gasteiger partial charge on any atom is 0.287 e. The van der Waals surface area contributed by atoms with E-state index in [2.05, 4.69) is 61.3 Å². The van der Waals surface area contributed by atoms with Gasteiger partial charge in [0.1, 0.15) is 5.58 Å². The van der Waals surface area contributed by atoms with Crippen molar-refractivity contribution in [2.45, 2.75) is 46.1 Å². The van der Waals surface area contributed by atoms with Gasteiger partial charge in [0, 0.05) is 17.5 Å². The molecule has 0 aliphatic heterocycles. The Morgan fingerprint density at radius 3 is 2.31 bits per heavy atom. The van der Waals surface area contributed by atoms with Gasteiger partial charge in [-0.25, -0.2) is 0 Å². The first-order valence-corrected chi connectivity index (χ1v) is 10.1. The number of nitrogens with one attached hydrogen (secondary N) is 1. The summed E-state index contributed by atoms with van der Waals surface area (Å²) >= 11 is 0. The smallest absolute Gasteiger partial charge is 0.287 e. The number of hydrogen-bond donors (Lipinski definition) is 1. The van der Waals surface area contributed by atoms with Gasteiger partial charge in [0.05, 0.1) is 6.04 Å². The zero-order valence-corrected chi connectivity index (χ0v) is 18.6. The molecule has 4 heteroatoms. The van der Waals surface area contributed by atoms with E-state index in [1.807, 2.05) is 40.1 Å². The molecule has 0 aliphatic carbocycles. The highest BCUT2D eigenvalue weighted by molar-refractivity contribution is 5.99. The van der Waals surface area contributed by atoms with E-state index in [9.17, 15) is 4.79 Å². The number of hydrogen-bond acceptors (Lipinski definition) is 3. The van der Waals surface area contributed by atoms with Crippen molar-refractivity contribution in [1.29, 1.82) is 0 Å². The van der Waals surface area contributed by atoms with Crippen LogP contribution in [0.5, 0.6) is 0 Å². The summed E-state index contributed by atoms with van der Waals surface area (Å²) < 4.78 is 5.84. The molecule has 1 aromatic heterocycles. The second-order valence-corrected chi connectivity index (χ2v) is 9.12. The number of benzene rings is 2. The van der Waals surface area contributed by atoms with E-state index in [0.717, 1.165) is 22.1 Å². The van der Waals surface area contributed by atoms with Gasteiger partial charge in [-0.1, -0.05) is 56.7 Å². The highest BCUT2D eigenvalue weighted by atomic mass is 16.3. The maximum atomic E-state index is 12.8. The molecule has 1 N–H and O–H groups in total. The largest absolute Gasteiger partial charge is 0.451 e. The number of rotatable bonds is 5. The topological polar surface area (TPSA) is 45.5 Å². The molecular weight excluding hydrogens is 360 g/mol. The van der Waals surface area contributed by atoms with Crippen LogP contribution in [0.15, 0.2) is 46.9 Å². The van der Waals surface area contributed by atoms with Crippen LogP contribution in [-0.2, 0) is 5.41 Å². The van der Waals surface area contributed by atoms with Crippen LogP contribution in [0, 0.1) is 13.8 Å². The normalized spacial score (nSPS) is 13.1. The molecule has 0 fully saturated rings. The summed E-state index contributed by atoms with van der Waals surface area (Å²) in [6.07, 6.45) is 0. The van der Waals surface area contributed by atoms with Crippen LogP contribution in [0.1, 0.15) is 59.6 Å². The second-order valence-electron chi connectivity index (χ2n) is 9.12. The van der Waals surface area contributed by atoms with E-state index in [4.69, 9.17) is 4.42 Å². The maximum absolute atomic E-state index is 12.8. The number of amides is 1. The zero-order chi connectivity index (χ0) is 21.3. The average Bonchev–Trinajstić information content (AvgIpc) is 2.97. The van der Waals surface area contributed by atoms with Gasteiger partial charge in [-0.05, 0) is 56.6 Å².